The summed E-state index contributed by atoms with van der Waals surface area (Å²) in [6.07, 6.45) is 3.69. The lowest BCUT2D eigenvalue weighted by atomic mass is 10.2. The van der Waals surface area contributed by atoms with Gasteiger partial charge in [0, 0.05) is 26.1 Å². The van der Waals surface area contributed by atoms with E-state index < -0.39 is 5.82 Å². The minimum atomic E-state index is -0.393. The van der Waals surface area contributed by atoms with E-state index in [1.54, 1.807) is 25.1 Å². The lowest BCUT2D eigenvalue weighted by molar-refractivity contribution is -0.127. The highest BCUT2D eigenvalue weighted by molar-refractivity contribution is 5.95. The molecule has 1 aromatic carbocycles. The Balaban J connectivity index is 1.58. The summed E-state index contributed by atoms with van der Waals surface area (Å²) in [4.78, 5) is 25.7. The number of carbonyl (C=O) groups excluding carboxylic acids is 2. The first kappa shape index (κ1) is 17.1. The Morgan fingerprint density at radius 3 is 2.88 bits per heavy atom. The van der Waals surface area contributed by atoms with Crippen molar-refractivity contribution in [2.24, 2.45) is 0 Å². The van der Waals surface area contributed by atoms with E-state index in [0.717, 1.165) is 13.0 Å². The average Bonchev–Trinajstić information content (AvgIpc) is 3.18. The smallest absolute Gasteiger partial charge is 0.254 e. The fourth-order valence-corrected chi connectivity index (χ4v) is 3.01. The molecular formula is C18H21FN4O2. The van der Waals surface area contributed by atoms with E-state index in [1.807, 2.05) is 4.90 Å². The molecule has 0 radical (unpaired) electrons. The average molecular weight is 344 g/mol. The summed E-state index contributed by atoms with van der Waals surface area (Å²) in [7, 11) is 0. The van der Waals surface area contributed by atoms with Gasteiger partial charge in [0.05, 0.1) is 17.5 Å². The molecule has 0 spiro atoms. The standard InChI is InChI=1S/C18H21FN4O2/c1-13-14(12-21-23(13)16-7-3-2-6-15(16)19)18(25)20-9-5-11-22-10-4-8-17(22)24/h2-3,6-7,12H,4-5,8-11H2,1H3,(H,20,25). The Labute approximate surface area is 145 Å². The molecule has 1 saturated heterocycles. The van der Waals surface area contributed by atoms with E-state index in [2.05, 4.69) is 10.4 Å². The molecule has 1 aliphatic rings. The summed E-state index contributed by atoms with van der Waals surface area (Å²) >= 11 is 0. The van der Waals surface area contributed by atoms with Crippen molar-refractivity contribution in [2.45, 2.75) is 26.2 Å². The Morgan fingerprint density at radius 2 is 2.16 bits per heavy atom. The first-order valence-corrected chi connectivity index (χ1v) is 8.43. The molecule has 0 unspecified atom stereocenters. The lowest BCUT2D eigenvalue weighted by Crippen LogP contribution is -2.30. The molecule has 1 N–H and O–H groups in total. The fraction of sp³-hybridized carbons (Fsp3) is 0.389. The zero-order chi connectivity index (χ0) is 17.8. The highest BCUT2D eigenvalue weighted by atomic mass is 19.1. The van der Waals surface area contributed by atoms with Gasteiger partial charge in [-0.1, -0.05) is 12.1 Å². The molecule has 132 valence electrons. The first-order valence-electron chi connectivity index (χ1n) is 8.43. The molecule has 2 aromatic rings. The van der Waals surface area contributed by atoms with Gasteiger partial charge in [0.2, 0.25) is 5.91 Å². The van der Waals surface area contributed by atoms with E-state index in [0.29, 0.717) is 42.9 Å². The van der Waals surface area contributed by atoms with Crippen LogP contribution in [0.25, 0.3) is 5.69 Å². The predicted molar refractivity (Wildman–Crippen MR) is 91.0 cm³/mol. The van der Waals surface area contributed by atoms with Crippen molar-refractivity contribution in [3.63, 3.8) is 0 Å². The number of aromatic nitrogens is 2. The van der Waals surface area contributed by atoms with E-state index in [-0.39, 0.29) is 11.8 Å². The zero-order valence-corrected chi connectivity index (χ0v) is 14.2. The number of nitrogens with one attached hydrogen (secondary N) is 1. The maximum Gasteiger partial charge on any atom is 0.254 e. The molecule has 7 heteroatoms. The van der Waals surface area contributed by atoms with E-state index in [9.17, 15) is 14.0 Å². The van der Waals surface area contributed by atoms with Crippen molar-refractivity contribution in [3.8, 4) is 5.69 Å². The summed E-state index contributed by atoms with van der Waals surface area (Å²) < 4.78 is 15.3. The molecular weight excluding hydrogens is 323 g/mol. The van der Waals surface area contributed by atoms with Gasteiger partial charge in [-0.3, -0.25) is 9.59 Å². The van der Waals surface area contributed by atoms with Crippen molar-refractivity contribution in [1.82, 2.24) is 20.0 Å². The van der Waals surface area contributed by atoms with Crippen LogP contribution in [0.5, 0.6) is 0 Å². The van der Waals surface area contributed by atoms with E-state index in [1.165, 1.54) is 16.9 Å². The number of carbonyl (C=O) groups is 2. The summed E-state index contributed by atoms with van der Waals surface area (Å²) in [5.74, 6) is -0.447. The van der Waals surface area contributed by atoms with Crippen LogP contribution in [0.4, 0.5) is 4.39 Å². The lowest BCUT2D eigenvalue weighted by Gasteiger charge is -2.15. The van der Waals surface area contributed by atoms with Crippen molar-refractivity contribution >= 4 is 11.8 Å². The second kappa shape index (κ2) is 7.46. The number of amides is 2. The van der Waals surface area contributed by atoms with Crippen LogP contribution in [0.2, 0.25) is 0 Å². The van der Waals surface area contributed by atoms with Gasteiger partial charge >= 0.3 is 0 Å². The van der Waals surface area contributed by atoms with Gasteiger partial charge in [0.25, 0.3) is 5.91 Å². The highest BCUT2D eigenvalue weighted by Gasteiger charge is 2.20. The Hall–Kier alpha value is -2.70. The summed E-state index contributed by atoms with van der Waals surface area (Å²) in [6, 6.07) is 6.30. The van der Waals surface area contributed by atoms with Crippen LogP contribution in [0, 0.1) is 12.7 Å². The van der Waals surface area contributed by atoms with Gasteiger partial charge in [-0.25, -0.2) is 9.07 Å². The minimum Gasteiger partial charge on any atom is -0.352 e. The van der Waals surface area contributed by atoms with Crippen LogP contribution >= 0.6 is 0 Å². The number of benzene rings is 1. The van der Waals surface area contributed by atoms with Crippen molar-refractivity contribution in [3.05, 3.63) is 47.5 Å². The Kier molecular flexibility index (Phi) is 5.11. The van der Waals surface area contributed by atoms with E-state index in [4.69, 9.17) is 0 Å². The molecule has 1 aromatic heterocycles. The van der Waals surface area contributed by atoms with Gasteiger partial charge in [0.15, 0.2) is 0 Å². The summed E-state index contributed by atoms with van der Waals surface area (Å²) in [5.41, 5.74) is 1.31. The van der Waals surface area contributed by atoms with Crippen molar-refractivity contribution < 1.29 is 14.0 Å². The van der Waals surface area contributed by atoms with Crippen LogP contribution in [0.3, 0.4) is 0 Å². The number of hydrogen-bond donors (Lipinski definition) is 1. The zero-order valence-electron chi connectivity index (χ0n) is 14.2. The summed E-state index contributed by atoms with van der Waals surface area (Å²) in [6.45, 7) is 3.68. The van der Waals surface area contributed by atoms with Crippen LogP contribution in [-0.2, 0) is 4.79 Å². The third-order valence-electron chi connectivity index (χ3n) is 4.40. The molecule has 6 nitrogen and oxygen atoms in total. The number of halogens is 1. The second-order valence-corrected chi connectivity index (χ2v) is 6.10. The minimum absolute atomic E-state index is 0.188. The van der Waals surface area contributed by atoms with Crippen LogP contribution in [-0.4, -0.2) is 46.1 Å². The molecule has 0 atom stereocenters. The topological polar surface area (TPSA) is 67.2 Å². The van der Waals surface area contributed by atoms with Crippen LogP contribution in [0.1, 0.15) is 35.3 Å². The third kappa shape index (κ3) is 3.70. The van der Waals surface area contributed by atoms with Gasteiger partial charge < -0.3 is 10.2 Å². The molecule has 0 aliphatic carbocycles. The maximum atomic E-state index is 13.9. The van der Waals surface area contributed by atoms with E-state index >= 15 is 0 Å². The number of para-hydroxylation sites is 1. The number of likely N-dealkylation sites (tertiary alicyclic amines) is 1. The predicted octanol–water partition coefficient (Wildman–Crippen LogP) is 2.06. The number of nitrogens with zero attached hydrogens (tertiary/aromatic N) is 3. The molecule has 1 aliphatic heterocycles. The molecule has 1 fully saturated rings. The molecule has 0 saturated carbocycles. The fourth-order valence-electron chi connectivity index (χ4n) is 3.01. The Bertz CT molecular complexity index is 787. The number of hydrogen-bond acceptors (Lipinski definition) is 3. The first-order chi connectivity index (χ1) is 12.1. The van der Waals surface area contributed by atoms with Gasteiger partial charge in [-0.2, -0.15) is 5.10 Å². The molecule has 2 heterocycles. The van der Waals surface area contributed by atoms with Gasteiger partial charge in [0.1, 0.15) is 11.5 Å². The normalized spacial score (nSPS) is 14.2. The van der Waals surface area contributed by atoms with Crippen molar-refractivity contribution in [2.75, 3.05) is 19.6 Å². The van der Waals surface area contributed by atoms with Gasteiger partial charge in [-0.15, -0.1) is 0 Å². The number of rotatable bonds is 6. The highest BCUT2D eigenvalue weighted by Crippen LogP contribution is 2.17. The third-order valence-corrected chi connectivity index (χ3v) is 4.40. The SMILES string of the molecule is Cc1c(C(=O)NCCCN2CCCC2=O)cnn1-c1ccccc1F. The molecule has 25 heavy (non-hydrogen) atoms. The monoisotopic (exact) mass is 344 g/mol. The molecule has 2 amide bonds. The summed E-state index contributed by atoms with van der Waals surface area (Å²) in [5, 5.41) is 6.97. The van der Waals surface area contributed by atoms with Crippen LogP contribution < -0.4 is 5.32 Å². The van der Waals surface area contributed by atoms with Gasteiger partial charge in [-0.05, 0) is 31.9 Å². The van der Waals surface area contributed by atoms with Crippen LogP contribution in [0.15, 0.2) is 30.5 Å². The Morgan fingerprint density at radius 1 is 1.36 bits per heavy atom. The quantitative estimate of drug-likeness (QED) is 0.816. The second-order valence-electron chi connectivity index (χ2n) is 6.10. The largest absolute Gasteiger partial charge is 0.352 e. The molecule has 3 rings (SSSR count). The van der Waals surface area contributed by atoms with Crippen molar-refractivity contribution in [1.29, 1.82) is 0 Å². The molecule has 0 bridgehead atoms. The maximum absolute atomic E-state index is 13.9.